The normalized spacial score (nSPS) is 16.9. The maximum Gasteiger partial charge on any atom is 0.337 e. The van der Waals surface area contributed by atoms with Crippen LogP contribution in [-0.2, 0) is 9.59 Å². The molecule has 0 aromatic heterocycles. The van der Waals surface area contributed by atoms with Gasteiger partial charge in [0.25, 0.3) is 0 Å². The lowest BCUT2D eigenvalue weighted by Crippen LogP contribution is -2.48. The molecule has 0 saturated heterocycles. The third kappa shape index (κ3) is 4.29. The Morgan fingerprint density at radius 3 is 2.13 bits per heavy atom. The van der Waals surface area contributed by atoms with Gasteiger partial charge >= 0.3 is 5.97 Å². The van der Waals surface area contributed by atoms with Crippen molar-refractivity contribution in [3.63, 3.8) is 0 Å². The molecule has 15 heavy (non-hydrogen) atoms. The van der Waals surface area contributed by atoms with E-state index in [4.69, 9.17) is 5.11 Å². The van der Waals surface area contributed by atoms with Crippen LogP contribution < -0.4 is 5.32 Å². The van der Waals surface area contributed by atoms with Crippen LogP contribution in [0.2, 0.25) is 0 Å². The van der Waals surface area contributed by atoms with Gasteiger partial charge in [0.05, 0.1) is 6.54 Å². The molecule has 1 amide bonds. The number of carbonyl (C=O) groups is 2. The average Bonchev–Trinajstić information content (AvgIpc) is 2.12. The summed E-state index contributed by atoms with van der Waals surface area (Å²) in [6.07, 6.45) is 0. The Morgan fingerprint density at radius 2 is 1.80 bits per heavy atom. The van der Waals surface area contributed by atoms with Gasteiger partial charge in [0.2, 0.25) is 5.91 Å². The predicted octanol–water partition coefficient (Wildman–Crippen LogP) is 0.230. The Bertz CT molecular complexity index is 248. The van der Waals surface area contributed by atoms with Crippen LogP contribution in [0.5, 0.6) is 0 Å². The van der Waals surface area contributed by atoms with Gasteiger partial charge in [0.1, 0.15) is 0 Å². The summed E-state index contributed by atoms with van der Waals surface area (Å²) < 4.78 is 0. The van der Waals surface area contributed by atoms with Crippen LogP contribution >= 0.6 is 0 Å². The van der Waals surface area contributed by atoms with Crippen LogP contribution in [0.15, 0.2) is 0 Å². The number of carboxylic acid groups (broad SMARTS) is 1. The summed E-state index contributed by atoms with van der Waals surface area (Å²) in [6, 6.07) is 0. The zero-order valence-corrected chi connectivity index (χ0v) is 9.57. The zero-order valence-electron chi connectivity index (χ0n) is 9.57. The number of nitrogens with one attached hydrogen (secondary N) is 1. The second-order valence-electron chi connectivity index (χ2n) is 4.33. The van der Waals surface area contributed by atoms with Gasteiger partial charge < -0.3 is 15.5 Å². The lowest BCUT2D eigenvalue weighted by molar-refractivity contribution is -0.156. The van der Waals surface area contributed by atoms with Gasteiger partial charge in [-0.2, -0.15) is 0 Å². The van der Waals surface area contributed by atoms with Gasteiger partial charge in [0, 0.05) is 5.92 Å². The Balaban J connectivity index is 4.18. The molecule has 0 fully saturated rings. The van der Waals surface area contributed by atoms with E-state index >= 15 is 0 Å². The molecule has 2 unspecified atom stereocenters. The monoisotopic (exact) mass is 217 g/mol. The molecule has 88 valence electrons. The fourth-order valence-electron chi connectivity index (χ4n) is 0.799. The standard InChI is InChI=1S/C10H19NO4/c1-6(2)7(3)8(12)11-5-10(4,15)9(13)14/h6-7,15H,5H2,1-4H3,(H,11,12)(H,13,14). The Labute approximate surface area is 89.5 Å². The van der Waals surface area contributed by atoms with E-state index in [1.54, 1.807) is 6.92 Å². The van der Waals surface area contributed by atoms with E-state index in [0.29, 0.717) is 0 Å². The van der Waals surface area contributed by atoms with Crippen LogP contribution in [-0.4, -0.2) is 34.2 Å². The quantitative estimate of drug-likeness (QED) is 0.615. The summed E-state index contributed by atoms with van der Waals surface area (Å²) >= 11 is 0. The summed E-state index contributed by atoms with van der Waals surface area (Å²) in [5.74, 6) is -1.61. The largest absolute Gasteiger partial charge is 0.479 e. The van der Waals surface area contributed by atoms with Gasteiger partial charge in [0.15, 0.2) is 5.60 Å². The number of aliphatic hydroxyl groups is 1. The molecule has 0 heterocycles. The summed E-state index contributed by atoms with van der Waals surface area (Å²) in [6.45, 7) is 6.43. The molecule has 3 N–H and O–H groups in total. The Morgan fingerprint density at radius 1 is 1.33 bits per heavy atom. The van der Waals surface area contributed by atoms with Crippen molar-refractivity contribution in [2.45, 2.75) is 33.3 Å². The van der Waals surface area contributed by atoms with Gasteiger partial charge in [-0.1, -0.05) is 20.8 Å². The summed E-state index contributed by atoms with van der Waals surface area (Å²) in [5, 5.41) is 20.4. The van der Waals surface area contributed by atoms with Crippen molar-refractivity contribution in [1.82, 2.24) is 5.32 Å². The number of hydrogen-bond donors (Lipinski definition) is 3. The molecule has 0 aliphatic rings. The number of aliphatic carboxylic acids is 1. The average molecular weight is 217 g/mol. The Kier molecular flexibility index (Phi) is 4.74. The number of hydrogen-bond acceptors (Lipinski definition) is 3. The fourth-order valence-corrected chi connectivity index (χ4v) is 0.799. The van der Waals surface area contributed by atoms with Crippen LogP contribution in [0.3, 0.4) is 0 Å². The van der Waals surface area contributed by atoms with E-state index in [0.717, 1.165) is 6.92 Å². The van der Waals surface area contributed by atoms with E-state index in [1.165, 1.54) is 0 Å². The van der Waals surface area contributed by atoms with E-state index in [9.17, 15) is 14.7 Å². The highest BCUT2D eigenvalue weighted by Crippen LogP contribution is 2.10. The molecule has 0 aliphatic carbocycles. The number of amides is 1. The van der Waals surface area contributed by atoms with Crippen molar-refractivity contribution in [2.75, 3.05) is 6.54 Å². The van der Waals surface area contributed by atoms with Crippen LogP contribution in [0, 0.1) is 11.8 Å². The highest BCUT2D eigenvalue weighted by atomic mass is 16.4. The predicted molar refractivity (Wildman–Crippen MR) is 55.3 cm³/mol. The van der Waals surface area contributed by atoms with Crippen molar-refractivity contribution in [3.05, 3.63) is 0 Å². The van der Waals surface area contributed by atoms with E-state index < -0.39 is 11.6 Å². The van der Waals surface area contributed by atoms with Gasteiger partial charge in [-0.15, -0.1) is 0 Å². The van der Waals surface area contributed by atoms with Gasteiger partial charge in [-0.3, -0.25) is 4.79 Å². The number of rotatable bonds is 5. The molecule has 0 radical (unpaired) electrons. The lowest BCUT2D eigenvalue weighted by Gasteiger charge is -2.21. The second-order valence-corrected chi connectivity index (χ2v) is 4.33. The van der Waals surface area contributed by atoms with Gasteiger partial charge in [-0.05, 0) is 12.8 Å². The summed E-state index contributed by atoms with van der Waals surface area (Å²) in [5.41, 5.74) is -1.91. The first-order valence-corrected chi connectivity index (χ1v) is 4.92. The van der Waals surface area contributed by atoms with Crippen molar-refractivity contribution < 1.29 is 19.8 Å². The minimum Gasteiger partial charge on any atom is -0.479 e. The highest BCUT2D eigenvalue weighted by Gasteiger charge is 2.31. The van der Waals surface area contributed by atoms with E-state index in [-0.39, 0.29) is 24.3 Å². The molecule has 0 aromatic carbocycles. The highest BCUT2D eigenvalue weighted by molar-refractivity contribution is 5.81. The van der Waals surface area contributed by atoms with Crippen molar-refractivity contribution >= 4 is 11.9 Å². The summed E-state index contributed by atoms with van der Waals surface area (Å²) in [4.78, 5) is 22.0. The van der Waals surface area contributed by atoms with Crippen LogP contribution in [0.25, 0.3) is 0 Å². The maximum absolute atomic E-state index is 11.4. The smallest absolute Gasteiger partial charge is 0.337 e. The molecule has 5 heteroatoms. The van der Waals surface area contributed by atoms with E-state index in [2.05, 4.69) is 5.32 Å². The molecule has 0 spiro atoms. The van der Waals surface area contributed by atoms with Crippen LogP contribution in [0.4, 0.5) is 0 Å². The van der Waals surface area contributed by atoms with Crippen molar-refractivity contribution in [1.29, 1.82) is 0 Å². The minimum absolute atomic E-state index is 0.180. The SMILES string of the molecule is CC(C)C(C)C(=O)NCC(C)(O)C(=O)O. The second kappa shape index (κ2) is 5.11. The van der Waals surface area contributed by atoms with E-state index in [1.807, 2.05) is 13.8 Å². The van der Waals surface area contributed by atoms with Crippen LogP contribution in [0.1, 0.15) is 27.7 Å². The molecular formula is C10H19NO4. The van der Waals surface area contributed by atoms with Crippen molar-refractivity contribution in [3.8, 4) is 0 Å². The van der Waals surface area contributed by atoms with Crippen molar-refractivity contribution in [2.24, 2.45) is 11.8 Å². The molecule has 2 atom stereocenters. The Hall–Kier alpha value is -1.10. The topological polar surface area (TPSA) is 86.6 Å². The molecular weight excluding hydrogens is 198 g/mol. The molecule has 0 aromatic rings. The maximum atomic E-state index is 11.4. The zero-order chi connectivity index (χ0) is 12.2. The summed E-state index contributed by atoms with van der Waals surface area (Å²) in [7, 11) is 0. The minimum atomic E-state index is -1.91. The number of carboxylic acids is 1. The van der Waals surface area contributed by atoms with Gasteiger partial charge in [-0.25, -0.2) is 4.79 Å². The molecule has 0 aliphatic heterocycles. The molecule has 5 nitrogen and oxygen atoms in total. The number of carbonyl (C=O) groups excluding carboxylic acids is 1. The lowest BCUT2D eigenvalue weighted by atomic mass is 9.97. The third-order valence-electron chi connectivity index (χ3n) is 2.48. The third-order valence-corrected chi connectivity index (χ3v) is 2.48. The molecule has 0 bridgehead atoms. The molecule has 0 saturated carbocycles. The fraction of sp³-hybridized carbons (Fsp3) is 0.800. The first-order valence-electron chi connectivity index (χ1n) is 4.92. The first kappa shape index (κ1) is 13.9. The first-order chi connectivity index (χ1) is 6.68. The molecule has 0 rings (SSSR count).